The maximum atomic E-state index is 12.8. The third kappa shape index (κ3) is 5.31. The van der Waals surface area contributed by atoms with Crippen molar-refractivity contribution in [2.75, 3.05) is 18.1 Å². The Morgan fingerprint density at radius 1 is 1.48 bits per heavy atom. The standard InChI is InChI=1S/C16H25N3O4S2/c1-4-6-12-9-14(20)18-16(17-12)24-11(3)15(21)19(5-2)13-7-8-25(22,23)10-13/h9,11,13H,4-8,10H2,1-3H3,(H,17,18,20)/t11-,13-/m0/s1. The Hall–Kier alpha value is -1.35. The molecular weight excluding hydrogens is 362 g/mol. The van der Waals surface area contributed by atoms with E-state index in [2.05, 4.69) is 9.97 Å². The van der Waals surface area contributed by atoms with E-state index in [0.29, 0.717) is 30.2 Å². The van der Waals surface area contributed by atoms with Gasteiger partial charge in [0.15, 0.2) is 15.0 Å². The number of nitrogens with one attached hydrogen (secondary N) is 1. The van der Waals surface area contributed by atoms with Crippen molar-refractivity contribution in [2.24, 2.45) is 0 Å². The first-order valence-corrected chi connectivity index (χ1v) is 11.2. The van der Waals surface area contributed by atoms with Gasteiger partial charge in [0.25, 0.3) is 5.56 Å². The summed E-state index contributed by atoms with van der Waals surface area (Å²) in [7, 11) is -3.05. The fraction of sp³-hybridized carbons (Fsp3) is 0.688. The fourth-order valence-corrected chi connectivity index (χ4v) is 5.62. The van der Waals surface area contributed by atoms with Crippen LogP contribution in [0.1, 0.15) is 39.3 Å². The molecule has 2 atom stereocenters. The Morgan fingerprint density at radius 2 is 2.20 bits per heavy atom. The SMILES string of the molecule is CCCc1cc(=O)[nH]c(S[C@@H](C)C(=O)N(CC)[C@H]2CCS(=O)(=O)C2)n1. The number of sulfone groups is 1. The van der Waals surface area contributed by atoms with Gasteiger partial charge in [0.05, 0.1) is 16.8 Å². The molecular formula is C16H25N3O4S2. The van der Waals surface area contributed by atoms with E-state index in [1.165, 1.54) is 17.8 Å². The molecule has 1 aromatic rings. The molecule has 1 saturated heterocycles. The highest BCUT2D eigenvalue weighted by Crippen LogP contribution is 2.24. The molecule has 0 bridgehead atoms. The van der Waals surface area contributed by atoms with Gasteiger partial charge in [-0.2, -0.15) is 0 Å². The molecule has 2 heterocycles. The van der Waals surface area contributed by atoms with E-state index in [9.17, 15) is 18.0 Å². The number of carbonyl (C=O) groups is 1. The molecule has 1 fully saturated rings. The van der Waals surface area contributed by atoms with Crippen LogP contribution in [0, 0.1) is 0 Å². The van der Waals surface area contributed by atoms with Crippen molar-refractivity contribution in [1.29, 1.82) is 0 Å². The molecule has 1 aromatic heterocycles. The second-order valence-electron chi connectivity index (χ2n) is 6.23. The van der Waals surface area contributed by atoms with Crippen LogP contribution in [0.15, 0.2) is 16.0 Å². The second kappa shape index (κ2) is 8.35. The maximum absolute atomic E-state index is 12.8. The zero-order valence-corrected chi connectivity index (χ0v) is 16.5. The lowest BCUT2D eigenvalue weighted by atomic mass is 10.2. The first kappa shape index (κ1) is 20.0. The monoisotopic (exact) mass is 387 g/mol. The smallest absolute Gasteiger partial charge is 0.251 e. The number of amides is 1. The number of nitrogens with zero attached hydrogens (tertiary/aromatic N) is 2. The summed E-state index contributed by atoms with van der Waals surface area (Å²) in [6.45, 7) is 6.08. The molecule has 0 spiro atoms. The molecule has 1 aliphatic rings. The maximum Gasteiger partial charge on any atom is 0.251 e. The number of aryl methyl sites for hydroxylation is 1. The first-order chi connectivity index (χ1) is 11.8. The number of thioether (sulfide) groups is 1. The van der Waals surface area contributed by atoms with E-state index in [1.807, 2.05) is 13.8 Å². The lowest BCUT2D eigenvalue weighted by molar-refractivity contribution is -0.131. The molecule has 2 rings (SSSR count). The normalized spacial score (nSPS) is 20.4. The summed E-state index contributed by atoms with van der Waals surface area (Å²) in [5.74, 6) is 0.0419. The van der Waals surface area contributed by atoms with Crippen molar-refractivity contribution in [2.45, 2.75) is 56.5 Å². The summed E-state index contributed by atoms with van der Waals surface area (Å²) < 4.78 is 23.4. The van der Waals surface area contributed by atoms with Gasteiger partial charge in [-0.3, -0.25) is 9.59 Å². The topological polar surface area (TPSA) is 100 Å². The van der Waals surface area contributed by atoms with E-state index < -0.39 is 15.1 Å². The molecule has 1 N–H and O–H groups in total. The zero-order chi connectivity index (χ0) is 18.6. The van der Waals surface area contributed by atoms with Crippen LogP contribution in [0.5, 0.6) is 0 Å². The molecule has 7 nitrogen and oxygen atoms in total. The highest BCUT2D eigenvalue weighted by Gasteiger charge is 2.35. The summed E-state index contributed by atoms with van der Waals surface area (Å²) in [5, 5.41) is -0.0322. The van der Waals surface area contributed by atoms with E-state index in [1.54, 1.807) is 11.8 Å². The van der Waals surface area contributed by atoms with Crippen molar-refractivity contribution >= 4 is 27.5 Å². The highest BCUT2D eigenvalue weighted by atomic mass is 32.2. The van der Waals surface area contributed by atoms with Gasteiger partial charge in [-0.15, -0.1) is 0 Å². The van der Waals surface area contributed by atoms with Crippen molar-refractivity contribution < 1.29 is 13.2 Å². The predicted octanol–water partition coefficient (Wildman–Crippen LogP) is 1.24. The van der Waals surface area contributed by atoms with Gasteiger partial charge in [0.2, 0.25) is 5.91 Å². The van der Waals surface area contributed by atoms with Gasteiger partial charge in [-0.25, -0.2) is 13.4 Å². The molecule has 1 amide bonds. The Kier molecular flexibility index (Phi) is 6.67. The number of hydrogen-bond acceptors (Lipinski definition) is 6. The van der Waals surface area contributed by atoms with Crippen LogP contribution in [0.4, 0.5) is 0 Å². The molecule has 0 aliphatic carbocycles. The summed E-state index contributed by atoms with van der Waals surface area (Å²) in [5.41, 5.74) is 0.484. The third-order valence-corrected chi connectivity index (χ3v) is 6.91. The molecule has 0 unspecified atom stereocenters. The average molecular weight is 388 g/mol. The van der Waals surface area contributed by atoms with Crippen molar-refractivity contribution in [3.05, 3.63) is 22.1 Å². The molecule has 0 radical (unpaired) electrons. The van der Waals surface area contributed by atoms with Crippen LogP contribution >= 0.6 is 11.8 Å². The lowest BCUT2D eigenvalue weighted by Gasteiger charge is -2.29. The highest BCUT2D eigenvalue weighted by molar-refractivity contribution is 8.00. The summed E-state index contributed by atoms with van der Waals surface area (Å²) in [6.07, 6.45) is 2.08. The Labute approximate surface area is 152 Å². The number of carbonyl (C=O) groups excluding carboxylic acids is 1. The van der Waals surface area contributed by atoms with Crippen LogP contribution in [0.3, 0.4) is 0 Å². The van der Waals surface area contributed by atoms with Gasteiger partial charge >= 0.3 is 0 Å². The van der Waals surface area contributed by atoms with E-state index in [0.717, 1.165) is 6.42 Å². The number of aromatic amines is 1. The lowest BCUT2D eigenvalue weighted by Crippen LogP contribution is -2.44. The van der Waals surface area contributed by atoms with Gasteiger partial charge in [-0.05, 0) is 26.7 Å². The van der Waals surface area contributed by atoms with Gasteiger partial charge < -0.3 is 9.88 Å². The number of H-pyrrole nitrogens is 1. The average Bonchev–Trinajstić information content (AvgIpc) is 2.87. The van der Waals surface area contributed by atoms with Crippen LogP contribution in [-0.4, -0.2) is 58.5 Å². The first-order valence-electron chi connectivity index (χ1n) is 8.53. The zero-order valence-electron chi connectivity index (χ0n) is 14.8. The minimum absolute atomic E-state index is 0.0328. The molecule has 25 heavy (non-hydrogen) atoms. The van der Waals surface area contributed by atoms with Gasteiger partial charge in [0, 0.05) is 24.3 Å². The van der Waals surface area contributed by atoms with E-state index >= 15 is 0 Å². The Morgan fingerprint density at radius 3 is 2.76 bits per heavy atom. The number of aromatic nitrogens is 2. The minimum Gasteiger partial charge on any atom is -0.338 e. The summed E-state index contributed by atoms with van der Waals surface area (Å²) in [6, 6.07) is 1.21. The predicted molar refractivity (Wildman–Crippen MR) is 98.6 cm³/mol. The van der Waals surface area contributed by atoms with E-state index in [4.69, 9.17) is 0 Å². The van der Waals surface area contributed by atoms with Crippen molar-refractivity contribution in [3.8, 4) is 0 Å². The molecule has 9 heteroatoms. The van der Waals surface area contributed by atoms with Crippen molar-refractivity contribution in [1.82, 2.24) is 14.9 Å². The quantitative estimate of drug-likeness (QED) is 0.558. The van der Waals surface area contributed by atoms with Crippen LogP contribution < -0.4 is 5.56 Å². The molecule has 0 aromatic carbocycles. The second-order valence-corrected chi connectivity index (χ2v) is 9.79. The Balaban J connectivity index is 2.10. The molecule has 140 valence electrons. The van der Waals surface area contributed by atoms with E-state index in [-0.39, 0.29) is 29.0 Å². The number of hydrogen-bond donors (Lipinski definition) is 1. The van der Waals surface area contributed by atoms with Crippen molar-refractivity contribution in [3.63, 3.8) is 0 Å². The molecule has 0 saturated carbocycles. The Bertz CT molecular complexity index is 776. The largest absolute Gasteiger partial charge is 0.338 e. The van der Waals surface area contributed by atoms with Crippen LogP contribution in [0.2, 0.25) is 0 Å². The minimum atomic E-state index is -3.05. The van der Waals surface area contributed by atoms with Crippen LogP contribution in [0.25, 0.3) is 0 Å². The fourth-order valence-electron chi connectivity index (χ4n) is 2.99. The summed E-state index contributed by atoms with van der Waals surface area (Å²) in [4.78, 5) is 33.2. The molecule has 1 aliphatic heterocycles. The van der Waals surface area contributed by atoms with Gasteiger partial charge in [-0.1, -0.05) is 25.1 Å². The summed E-state index contributed by atoms with van der Waals surface area (Å²) >= 11 is 1.20. The third-order valence-electron chi connectivity index (χ3n) is 4.19. The number of rotatable bonds is 7. The van der Waals surface area contributed by atoms with Crippen LogP contribution in [-0.2, 0) is 21.1 Å². The van der Waals surface area contributed by atoms with Gasteiger partial charge in [0.1, 0.15) is 0 Å².